The van der Waals surface area contributed by atoms with E-state index >= 15 is 0 Å². The van der Waals surface area contributed by atoms with E-state index in [0.29, 0.717) is 12.1 Å². The number of amides is 4. The van der Waals surface area contributed by atoms with Crippen LogP contribution in [0.15, 0.2) is 12.5 Å². The van der Waals surface area contributed by atoms with E-state index in [1.807, 2.05) is 0 Å². The summed E-state index contributed by atoms with van der Waals surface area (Å²) in [5, 5.41) is 26.4. The lowest BCUT2D eigenvalue weighted by Crippen LogP contribution is -2.59. The van der Waals surface area contributed by atoms with Crippen LogP contribution in [0.1, 0.15) is 45.7 Å². The first-order valence-corrected chi connectivity index (χ1v) is 11.2. The second-order valence-electron chi connectivity index (χ2n) is 8.38. The van der Waals surface area contributed by atoms with E-state index in [9.17, 15) is 34.2 Å². The molecule has 0 spiro atoms. The number of primary amides is 1. The van der Waals surface area contributed by atoms with Gasteiger partial charge in [0.15, 0.2) is 0 Å². The zero-order valence-corrected chi connectivity index (χ0v) is 20.0. The van der Waals surface area contributed by atoms with Crippen molar-refractivity contribution in [1.29, 1.82) is 0 Å². The average molecular weight is 498 g/mol. The third-order valence-corrected chi connectivity index (χ3v) is 5.52. The molecule has 0 saturated carbocycles. The summed E-state index contributed by atoms with van der Waals surface area (Å²) in [6, 6.07) is -5.04. The van der Waals surface area contributed by atoms with Crippen LogP contribution in [0.3, 0.4) is 0 Å². The molecule has 6 atom stereocenters. The topological polar surface area (TPSA) is 243 Å². The van der Waals surface area contributed by atoms with Crippen LogP contribution in [0, 0.1) is 5.92 Å². The van der Waals surface area contributed by atoms with Crippen molar-refractivity contribution in [3.63, 3.8) is 0 Å². The van der Waals surface area contributed by atoms with E-state index < -0.39 is 59.9 Å². The summed E-state index contributed by atoms with van der Waals surface area (Å²) >= 11 is 0. The number of carbonyl (C=O) groups is 5. The lowest BCUT2D eigenvalue weighted by Gasteiger charge is -2.28. The van der Waals surface area contributed by atoms with E-state index in [4.69, 9.17) is 11.5 Å². The van der Waals surface area contributed by atoms with Gasteiger partial charge < -0.3 is 42.6 Å². The van der Waals surface area contributed by atoms with Crippen LogP contribution in [-0.4, -0.2) is 80.1 Å². The highest BCUT2D eigenvalue weighted by molar-refractivity contribution is 5.94. The molecule has 0 radical (unpaired) electrons. The lowest BCUT2D eigenvalue weighted by atomic mass is 9.96. The minimum absolute atomic E-state index is 0.0969. The fourth-order valence-electron chi connectivity index (χ4n) is 3.08. The van der Waals surface area contributed by atoms with Gasteiger partial charge in [-0.15, -0.1) is 0 Å². The fourth-order valence-corrected chi connectivity index (χ4v) is 3.08. The molecule has 196 valence electrons. The van der Waals surface area contributed by atoms with Crippen LogP contribution in [0.2, 0.25) is 0 Å². The van der Waals surface area contributed by atoms with Gasteiger partial charge in [0.1, 0.15) is 24.2 Å². The molecule has 0 aliphatic carbocycles. The summed E-state index contributed by atoms with van der Waals surface area (Å²) in [5.41, 5.74) is 11.3. The number of carboxylic acid groups (broad SMARTS) is 1. The maximum Gasteiger partial charge on any atom is 0.326 e. The molecular weight excluding hydrogens is 462 g/mol. The number of nitrogens with zero attached hydrogens (tertiary/aromatic N) is 1. The van der Waals surface area contributed by atoms with Crippen LogP contribution in [-0.2, 0) is 30.4 Å². The van der Waals surface area contributed by atoms with Crippen molar-refractivity contribution < 1.29 is 34.2 Å². The highest BCUT2D eigenvalue weighted by atomic mass is 16.4. The van der Waals surface area contributed by atoms with Crippen LogP contribution in [0.5, 0.6) is 0 Å². The van der Waals surface area contributed by atoms with Crippen LogP contribution in [0.25, 0.3) is 0 Å². The Bertz CT molecular complexity index is 875. The molecule has 4 amide bonds. The molecule has 14 nitrogen and oxygen atoms in total. The summed E-state index contributed by atoms with van der Waals surface area (Å²) in [6.07, 6.45) is 1.53. The zero-order chi connectivity index (χ0) is 26.7. The maximum absolute atomic E-state index is 13.1. The number of aliphatic hydroxyl groups excluding tert-OH is 1. The first kappa shape index (κ1) is 29.5. The Morgan fingerprint density at radius 1 is 1.06 bits per heavy atom. The summed E-state index contributed by atoms with van der Waals surface area (Å²) in [6.45, 7) is 4.81. The van der Waals surface area contributed by atoms with Gasteiger partial charge in [-0.1, -0.05) is 20.3 Å². The van der Waals surface area contributed by atoms with Crippen molar-refractivity contribution in [2.75, 3.05) is 0 Å². The highest BCUT2D eigenvalue weighted by Gasteiger charge is 2.33. The fraction of sp³-hybridized carbons (Fsp3) is 0.619. The quantitative estimate of drug-likeness (QED) is 0.128. The molecule has 1 rings (SSSR count). The Labute approximate surface area is 202 Å². The highest BCUT2D eigenvalue weighted by Crippen LogP contribution is 2.10. The molecule has 14 heteroatoms. The predicted molar refractivity (Wildman–Crippen MR) is 123 cm³/mol. The van der Waals surface area contributed by atoms with Gasteiger partial charge in [-0.2, -0.15) is 0 Å². The number of aliphatic carboxylic acids is 1. The maximum atomic E-state index is 13.1. The second kappa shape index (κ2) is 14.0. The SMILES string of the molecule is CCC(C)C(NC(=O)C(N)C(C)O)C(=O)NC(CCC(N)=O)C(=O)NC(Cc1cnc[nH]1)C(=O)O. The standard InChI is InChI=1S/C21H35N7O7/c1-4-10(2)17(28-19(32)16(23)11(3)29)20(33)26-13(5-6-15(22)30)18(31)27-14(21(34)35)7-12-8-24-9-25-12/h8-11,13-14,16-17,29H,4-7,23H2,1-3H3,(H2,22,30)(H,24,25)(H,26,33)(H,27,31)(H,28,32)(H,34,35). The van der Waals surface area contributed by atoms with Gasteiger partial charge in [0.2, 0.25) is 23.6 Å². The van der Waals surface area contributed by atoms with Crippen molar-refractivity contribution in [3.05, 3.63) is 18.2 Å². The molecular formula is C21H35N7O7. The summed E-state index contributed by atoms with van der Waals surface area (Å²) in [5.74, 6) is -4.77. The van der Waals surface area contributed by atoms with Gasteiger partial charge in [0.05, 0.1) is 12.4 Å². The summed E-state index contributed by atoms with van der Waals surface area (Å²) in [4.78, 5) is 67.8. The van der Waals surface area contributed by atoms with Crippen LogP contribution in [0.4, 0.5) is 0 Å². The van der Waals surface area contributed by atoms with Crippen LogP contribution >= 0.6 is 0 Å². The number of aromatic amines is 1. The Morgan fingerprint density at radius 3 is 2.17 bits per heavy atom. The summed E-state index contributed by atoms with van der Waals surface area (Å²) in [7, 11) is 0. The molecule has 10 N–H and O–H groups in total. The molecule has 1 heterocycles. The third-order valence-electron chi connectivity index (χ3n) is 5.52. The van der Waals surface area contributed by atoms with Crippen molar-refractivity contribution >= 4 is 29.6 Å². The molecule has 0 fully saturated rings. The number of aromatic nitrogens is 2. The Hall–Kier alpha value is -3.52. The Morgan fingerprint density at radius 2 is 1.69 bits per heavy atom. The number of H-pyrrole nitrogens is 1. The number of nitrogens with one attached hydrogen (secondary N) is 4. The van der Waals surface area contributed by atoms with Crippen molar-refractivity contribution in [2.24, 2.45) is 17.4 Å². The number of hydrogen-bond donors (Lipinski definition) is 8. The lowest BCUT2D eigenvalue weighted by molar-refractivity contribution is -0.142. The monoisotopic (exact) mass is 497 g/mol. The number of imidazole rings is 1. The Kier molecular flexibility index (Phi) is 11.8. The van der Waals surface area contributed by atoms with Crippen molar-refractivity contribution in [1.82, 2.24) is 25.9 Å². The second-order valence-corrected chi connectivity index (χ2v) is 8.38. The normalized spacial score (nSPS) is 16.1. The first-order chi connectivity index (χ1) is 16.4. The van der Waals surface area contributed by atoms with Gasteiger partial charge >= 0.3 is 5.97 Å². The van der Waals surface area contributed by atoms with E-state index in [1.54, 1.807) is 13.8 Å². The largest absolute Gasteiger partial charge is 0.480 e. The number of carbonyl (C=O) groups excluding carboxylic acids is 4. The Balaban J connectivity index is 3.04. The zero-order valence-electron chi connectivity index (χ0n) is 20.0. The van der Waals surface area contributed by atoms with Gasteiger partial charge in [0.25, 0.3) is 0 Å². The average Bonchev–Trinajstić information content (AvgIpc) is 3.31. The molecule has 0 aromatic carbocycles. The van der Waals surface area contributed by atoms with E-state index in [0.717, 1.165) is 0 Å². The molecule has 0 bridgehead atoms. The van der Waals surface area contributed by atoms with Gasteiger partial charge in [-0.25, -0.2) is 9.78 Å². The van der Waals surface area contributed by atoms with Crippen molar-refractivity contribution in [2.45, 2.75) is 76.7 Å². The minimum atomic E-state index is -1.34. The minimum Gasteiger partial charge on any atom is -0.480 e. The molecule has 0 saturated heterocycles. The van der Waals surface area contributed by atoms with Gasteiger partial charge in [-0.05, 0) is 19.3 Å². The van der Waals surface area contributed by atoms with Crippen LogP contribution < -0.4 is 27.4 Å². The number of hydrogen-bond acceptors (Lipinski definition) is 8. The van der Waals surface area contributed by atoms with Crippen molar-refractivity contribution in [3.8, 4) is 0 Å². The molecule has 1 aromatic rings. The summed E-state index contributed by atoms with van der Waals surface area (Å²) < 4.78 is 0. The molecule has 0 aliphatic rings. The molecule has 1 aromatic heterocycles. The van der Waals surface area contributed by atoms with Gasteiger partial charge in [0, 0.05) is 24.7 Å². The number of carboxylic acids is 1. The van der Waals surface area contributed by atoms with E-state index in [1.165, 1.54) is 19.4 Å². The van der Waals surface area contributed by atoms with E-state index in [2.05, 4.69) is 25.9 Å². The smallest absolute Gasteiger partial charge is 0.326 e. The molecule has 0 aliphatic heterocycles. The number of nitrogens with two attached hydrogens (primary N) is 2. The predicted octanol–water partition coefficient (Wildman–Crippen LogP) is -2.49. The van der Waals surface area contributed by atoms with E-state index in [-0.39, 0.29) is 25.2 Å². The van der Waals surface area contributed by atoms with Gasteiger partial charge in [-0.3, -0.25) is 19.2 Å². The first-order valence-electron chi connectivity index (χ1n) is 11.2. The number of rotatable bonds is 15. The number of aliphatic hydroxyl groups is 1. The molecule has 35 heavy (non-hydrogen) atoms. The molecule has 6 unspecified atom stereocenters. The third kappa shape index (κ3) is 9.70.